The molecule has 2 atom stereocenters. The number of hydrogen-bond donors (Lipinski definition) is 0. The van der Waals surface area contributed by atoms with Gasteiger partial charge in [0, 0.05) is 23.1 Å². The van der Waals surface area contributed by atoms with Crippen LogP contribution in [0.1, 0.15) is 53.0 Å². The van der Waals surface area contributed by atoms with E-state index in [1.807, 2.05) is 18.7 Å². The number of nitrogens with zero attached hydrogens (tertiary/aromatic N) is 3. The fourth-order valence-corrected chi connectivity index (χ4v) is 4.99. The molecule has 0 radical (unpaired) electrons. The van der Waals surface area contributed by atoms with Crippen LogP contribution in [0.15, 0.2) is 28.2 Å². The summed E-state index contributed by atoms with van der Waals surface area (Å²) in [5, 5.41) is 1.65. The lowest BCUT2D eigenvalue weighted by Crippen LogP contribution is -2.48. The molecule has 7 heteroatoms. The van der Waals surface area contributed by atoms with E-state index in [2.05, 4.69) is 18.8 Å². The Morgan fingerprint density at radius 3 is 2.59 bits per heavy atom. The molecule has 1 aromatic carbocycles. The maximum atomic E-state index is 12.9. The number of hydrogen-bond acceptors (Lipinski definition) is 4. The van der Waals surface area contributed by atoms with E-state index >= 15 is 0 Å². The SMILES string of the molecule is CC(C)n1c(SCC(=O)N2[C@@H](C)CCC[C@@H]2C)nc2cc(Cl)ccc2c1=O. The van der Waals surface area contributed by atoms with Crippen LogP contribution in [0.2, 0.25) is 5.02 Å². The zero-order valence-electron chi connectivity index (χ0n) is 16.2. The van der Waals surface area contributed by atoms with Crippen LogP contribution in [0.4, 0.5) is 0 Å². The Morgan fingerprint density at radius 1 is 1.30 bits per heavy atom. The number of likely N-dealkylation sites (tertiary alicyclic amines) is 1. The summed E-state index contributed by atoms with van der Waals surface area (Å²) in [5.74, 6) is 0.385. The maximum absolute atomic E-state index is 12.9. The highest BCUT2D eigenvalue weighted by Gasteiger charge is 2.29. The van der Waals surface area contributed by atoms with Gasteiger partial charge in [0.25, 0.3) is 5.56 Å². The largest absolute Gasteiger partial charge is 0.337 e. The van der Waals surface area contributed by atoms with Crippen molar-refractivity contribution >= 4 is 40.2 Å². The predicted molar refractivity (Wildman–Crippen MR) is 112 cm³/mol. The zero-order valence-corrected chi connectivity index (χ0v) is 17.8. The van der Waals surface area contributed by atoms with E-state index < -0.39 is 0 Å². The first-order valence-electron chi connectivity index (χ1n) is 9.45. The van der Waals surface area contributed by atoms with Crippen LogP contribution >= 0.6 is 23.4 Å². The lowest BCUT2D eigenvalue weighted by atomic mass is 9.98. The summed E-state index contributed by atoms with van der Waals surface area (Å²) in [7, 11) is 0. The lowest BCUT2D eigenvalue weighted by Gasteiger charge is -2.39. The number of fused-ring (bicyclic) bond motifs is 1. The normalized spacial score (nSPS) is 20.4. The molecule has 0 saturated carbocycles. The van der Waals surface area contributed by atoms with Gasteiger partial charge < -0.3 is 4.90 Å². The van der Waals surface area contributed by atoms with Gasteiger partial charge in [0.05, 0.1) is 16.7 Å². The Hall–Kier alpha value is -1.53. The number of aromatic nitrogens is 2. The topological polar surface area (TPSA) is 55.2 Å². The molecule has 1 aliphatic heterocycles. The second kappa shape index (κ2) is 8.23. The number of carbonyl (C=O) groups is 1. The fraction of sp³-hybridized carbons (Fsp3) is 0.550. The molecule has 2 aromatic rings. The minimum Gasteiger partial charge on any atom is -0.337 e. The van der Waals surface area contributed by atoms with E-state index in [4.69, 9.17) is 11.6 Å². The van der Waals surface area contributed by atoms with Gasteiger partial charge in [-0.15, -0.1) is 0 Å². The molecule has 3 rings (SSSR count). The summed E-state index contributed by atoms with van der Waals surface area (Å²) >= 11 is 7.40. The Labute approximate surface area is 169 Å². The smallest absolute Gasteiger partial charge is 0.262 e. The summed E-state index contributed by atoms with van der Waals surface area (Å²) < 4.78 is 1.66. The predicted octanol–water partition coefficient (Wildman–Crippen LogP) is 4.51. The number of benzene rings is 1. The molecular formula is C20H26ClN3O2S. The molecule has 146 valence electrons. The number of piperidine rings is 1. The highest BCUT2D eigenvalue weighted by molar-refractivity contribution is 7.99. The number of carbonyl (C=O) groups excluding carboxylic acids is 1. The number of amides is 1. The van der Waals surface area contributed by atoms with Crippen LogP contribution in [0.25, 0.3) is 10.9 Å². The summed E-state index contributed by atoms with van der Waals surface area (Å²) in [6.45, 7) is 8.12. The van der Waals surface area contributed by atoms with Crippen molar-refractivity contribution in [1.29, 1.82) is 0 Å². The molecule has 5 nitrogen and oxygen atoms in total. The average molecular weight is 408 g/mol. The van der Waals surface area contributed by atoms with Crippen LogP contribution in [-0.2, 0) is 4.79 Å². The molecule has 0 bridgehead atoms. The van der Waals surface area contributed by atoms with Gasteiger partial charge in [-0.3, -0.25) is 14.2 Å². The van der Waals surface area contributed by atoms with Crippen molar-refractivity contribution in [3.63, 3.8) is 0 Å². The van der Waals surface area contributed by atoms with Crippen molar-refractivity contribution in [2.75, 3.05) is 5.75 Å². The third-order valence-corrected chi connectivity index (χ3v) is 6.33. The molecule has 1 aromatic heterocycles. The van der Waals surface area contributed by atoms with Gasteiger partial charge in [-0.1, -0.05) is 23.4 Å². The molecule has 0 aliphatic carbocycles. The minimum atomic E-state index is -0.0960. The van der Waals surface area contributed by atoms with Crippen LogP contribution in [0.5, 0.6) is 0 Å². The van der Waals surface area contributed by atoms with Crippen molar-refractivity contribution in [3.8, 4) is 0 Å². The Kier molecular flexibility index (Phi) is 6.16. The van der Waals surface area contributed by atoms with Crippen molar-refractivity contribution in [3.05, 3.63) is 33.6 Å². The van der Waals surface area contributed by atoms with Gasteiger partial charge >= 0.3 is 0 Å². The Morgan fingerprint density at radius 2 is 1.96 bits per heavy atom. The highest BCUT2D eigenvalue weighted by atomic mass is 35.5. The number of thioether (sulfide) groups is 1. The van der Waals surface area contributed by atoms with Gasteiger partial charge in [0.1, 0.15) is 0 Å². The molecule has 0 spiro atoms. The summed E-state index contributed by atoms with van der Waals surface area (Å²) in [5.41, 5.74) is 0.473. The van der Waals surface area contributed by atoms with Crippen molar-refractivity contribution in [1.82, 2.24) is 14.5 Å². The van der Waals surface area contributed by atoms with Crippen LogP contribution < -0.4 is 5.56 Å². The first-order chi connectivity index (χ1) is 12.8. The highest BCUT2D eigenvalue weighted by Crippen LogP contribution is 2.26. The van der Waals surface area contributed by atoms with Crippen LogP contribution in [0.3, 0.4) is 0 Å². The van der Waals surface area contributed by atoms with Crippen molar-refractivity contribution in [2.45, 2.75) is 70.2 Å². The van der Waals surface area contributed by atoms with Gasteiger partial charge in [-0.25, -0.2) is 4.98 Å². The van der Waals surface area contributed by atoms with E-state index in [1.165, 1.54) is 18.2 Å². The van der Waals surface area contributed by atoms with Crippen LogP contribution in [0, 0.1) is 0 Å². The molecule has 0 N–H and O–H groups in total. The van der Waals surface area contributed by atoms with E-state index in [9.17, 15) is 9.59 Å². The quantitative estimate of drug-likeness (QED) is 0.552. The summed E-state index contributed by atoms with van der Waals surface area (Å²) in [4.78, 5) is 32.4. The van der Waals surface area contributed by atoms with E-state index in [1.54, 1.807) is 22.8 Å². The monoisotopic (exact) mass is 407 g/mol. The maximum Gasteiger partial charge on any atom is 0.262 e. The van der Waals surface area contributed by atoms with E-state index in [0.29, 0.717) is 21.1 Å². The average Bonchev–Trinajstić information content (AvgIpc) is 2.59. The second-order valence-corrected chi connectivity index (χ2v) is 8.92. The standard InChI is InChI=1S/C20H26ClN3O2S/c1-12(2)23-19(26)16-9-8-15(21)10-17(16)22-20(23)27-11-18(25)24-13(3)6-5-7-14(24)4/h8-10,12-14H,5-7,11H2,1-4H3/t13-,14-/m0/s1. The van der Waals surface area contributed by atoms with Gasteiger partial charge in [0.2, 0.25) is 5.91 Å². The van der Waals surface area contributed by atoms with Gasteiger partial charge in [-0.05, 0) is 65.2 Å². The first kappa shape index (κ1) is 20.2. The van der Waals surface area contributed by atoms with Crippen molar-refractivity contribution in [2.24, 2.45) is 0 Å². The zero-order chi connectivity index (χ0) is 19.7. The molecule has 1 aliphatic rings. The fourth-order valence-electron chi connectivity index (χ4n) is 3.82. The minimum absolute atomic E-state index is 0.0458. The number of rotatable bonds is 4. The third kappa shape index (κ3) is 4.16. The Balaban J connectivity index is 1.90. The van der Waals surface area contributed by atoms with Gasteiger partial charge in [0.15, 0.2) is 5.16 Å². The molecule has 1 amide bonds. The molecule has 1 saturated heterocycles. The second-order valence-electron chi connectivity index (χ2n) is 7.54. The molecular weight excluding hydrogens is 382 g/mol. The number of halogens is 1. The van der Waals surface area contributed by atoms with E-state index in [-0.39, 0.29) is 35.3 Å². The first-order valence-corrected chi connectivity index (χ1v) is 10.8. The molecule has 0 unspecified atom stereocenters. The van der Waals surface area contributed by atoms with Crippen LogP contribution in [-0.4, -0.2) is 38.2 Å². The molecule has 1 fully saturated rings. The summed E-state index contributed by atoms with van der Waals surface area (Å²) in [6.07, 6.45) is 3.26. The lowest BCUT2D eigenvalue weighted by molar-refractivity contribution is -0.134. The van der Waals surface area contributed by atoms with E-state index in [0.717, 1.165) is 12.8 Å². The summed E-state index contributed by atoms with van der Waals surface area (Å²) in [6, 6.07) is 5.59. The third-order valence-electron chi connectivity index (χ3n) is 5.15. The molecule has 27 heavy (non-hydrogen) atoms. The Bertz CT molecular complexity index is 902. The molecule has 2 heterocycles. The van der Waals surface area contributed by atoms with Crippen molar-refractivity contribution < 1.29 is 4.79 Å². The van der Waals surface area contributed by atoms with Gasteiger partial charge in [-0.2, -0.15) is 0 Å².